The highest BCUT2D eigenvalue weighted by Crippen LogP contribution is 2.16. The van der Waals surface area contributed by atoms with Crippen LogP contribution in [-0.2, 0) is 10.0 Å². The summed E-state index contributed by atoms with van der Waals surface area (Å²) in [5.74, 6) is -0.507. The van der Waals surface area contributed by atoms with E-state index in [1.54, 1.807) is 26.0 Å². The Morgan fingerprint density at radius 2 is 1.74 bits per heavy atom. The van der Waals surface area contributed by atoms with E-state index < -0.39 is 22.5 Å². The number of aryl methyl sites for hydroxylation is 2. The standard InChI is InChI=1S/C18H20F2N2O4S/c1-12-3-4-13(2)16(11-12)27(24,25)22-10-9-21-17(23)14-5-7-15(8-6-14)26-18(19)20/h3-8,11,18,22H,9-10H2,1-2H3,(H,21,23). The largest absolute Gasteiger partial charge is 0.435 e. The van der Waals surface area contributed by atoms with E-state index in [0.29, 0.717) is 5.56 Å². The number of ether oxygens (including phenoxy) is 1. The molecule has 0 spiro atoms. The fourth-order valence-corrected chi connectivity index (χ4v) is 3.69. The molecule has 9 heteroatoms. The van der Waals surface area contributed by atoms with Gasteiger partial charge in [-0.05, 0) is 55.3 Å². The molecule has 0 saturated carbocycles. The van der Waals surface area contributed by atoms with Crippen LogP contribution in [0.25, 0.3) is 0 Å². The smallest absolute Gasteiger partial charge is 0.387 e. The van der Waals surface area contributed by atoms with Gasteiger partial charge in [-0.1, -0.05) is 12.1 Å². The molecule has 0 aliphatic heterocycles. The molecule has 0 fully saturated rings. The maximum atomic E-state index is 12.3. The van der Waals surface area contributed by atoms with Gasteiger partial charge in [0.25, 0.3) is 5.91 Å². The Bertz CT molecular complexity index is 900. The van der Waals surface area contributed by atoms with Gasteiger partial charge in [0.2, 0.25) is 10.0 Å². The SMILES string of the molecule is Cc1ccc(C)c(S(=O)(=O)NCCNC(=O)c2ccc(OC(F)F)cc2)c1. The van der Waals surface area contributed by atoms with Crippen molar-refractivity contribution in [2.75, 3.05) is 13.1 Å². The summed E-state index contributed by atoms with van der Waals surface area (Å²) in [5, 5.41) is 2.55. The van der Waals surface area contributed by atoms with Crippen LogP contribution >= 0.6 is 0 Å². The number of benzene rings is 2. The monoisotopic (exact) mass is 398 g/mol. The zero-order valence-electron chi connectivity index (χ0n) is 14.8. The van der Waals surface area contributed by atoms with E-state index in [9.17, 15) is 22.0 Å². The Hall–Kier alpha value is -2.52. The summed E-state index contributed by atoms with van der Waals surface area (Å²) in [6, 6.07) is 10.3. The van der Waals surface area contributed by atoms with Gasteiger partial charge in [-0.2, -0.15) is 8.78 Å². The fourth-order valence-electron chi connectivity index (χ4n) is 2.33. The van der Waals surface area contributed by atoms with Gasteiger partial charge in [0.05, 0.1) is 4.90 Å². The Balaban J connectivity index is 1.87. The van der Waals surface area contributed by atoms with E-state index in [0.717, 1.165) is 5.56 Å². The number of carbonyl (C=O) groups excluding carboxylic acids is 1. The van der Waals surface area contributed by atoms with E-state index in [4.69, 9.17) is 0 Å². The Kier molecular flexibility index (Phi) is 6.86. The lowest BCUT2D eigenvalue weighted by molar-refractivity contribution is -0.0498. The average molecular weight is 398 g/mol. The van der Waals surface area contributed by atoms with Crippen molar-refractivity contribution >= 4 is 15.9 Å². The van der Waals surface area contributed by atoms with Crippen LogP contribution in [0.2, 0.25) is 0 Å². The molecule has 0 aliphatic rings. The lowest BCUT2D eigenvalue weighted by Crippen LogP contribution is -2.35. The van der Waals surface area contributed by atoms with Crippen molar-refractivity contribution in [2.45, 2.75) is 25.4 Å². The third kappa shape index (κ3) is 6.00. The van der Waals surface area contributed by atoms with Crippen molar-refractivity contribution in [3.8, 4) is 5.75 Å². The first kappa shape index (κ1) is 20.8. The van der Waals surface area contributed by atoms with Crippen molar-refractivity contribution < 1.29 is 26.7 Å². The molecule has 0 heterocycles. The lowest BCUT2D eigenvalue weighted by atomic mass is 10.2. The molecular formula is C18H20F2N2O4S. The second-order valence-corrected chi connectivity index (χ2v) is 7.56. The van der Waals surface area contributed by atoms with E-state index in [1.165, 1.54) is 24.3 Å². The summed E-state index contributed by atoms with van der Waals surface area (Å²) >= 11 is 0. The number of sulfonamides is 1. The van der Waals surface area contributed by atoms with Crippen LogP contribution in [-0.4, -0.2) is 34.0 Å². The summed E-state index contributed by atoms with van der Waals surface area (Å²) in [6.07, 6.45) is 0. The molecule has 0 atom stereocenters. The number of amides is 1. The number of halogens is 2. The van der Waals surface area contributed by atoms with Crippen LogP contribution in [0.5, 0.6) is 5.75 Å². The minimum Gasteiger partial charge on any atom is -0.435 e. The van der Waals surface area contributed by atoms with E-state index >= 15 is 0 Å². The van der Waals surface area contributed by atoms with Crippen molar-refractivity contribution in [2.24, 2.45) is 0 Å². The summed E-state index contributed by atoms with van der Waals surface area (Å²) < 4.78 is 55.5. The molecule has 0 bridgehead atoms. The molecule has 0 saturated heterocycles. The topological polar surface area (TPSA) is 84.5 Å². The van der Waals surface area contributed by atoms with Gasteiger partial charge in [-0.3, -0.25) is 4.79 Å². The molecule has 0 radical (unpaired) electrons. The summed E-state index contributed by atoms with van der Waals surface area (Å²) in [5.41, 5.74) is 1.70. The second kappa shape index (κ2) is 8.92. The Morgan fingerprint density at radius 3 is 2.37 bits per heavy atom. The van der Waals surface area contributed by atoms with Gasteiger partial charge >= 0.3 is 6.61 Å². The molecule has 2 rings (SSSR count). The predicted molar refractivity (Wildman–Crippen MR) is 96.5 cm³/mol. The van der Waals surface area contributed by atoms with Crippen LogP contribution in [0.4, 0.5) is 8.78 Å². The van der Waals surface area contributed by atoms with Crippen molar-refractivity contribution in [3.05, 3.63) is 59.2 Å². The Labute approximate surface area is 156 Å². The van der Waals surface area contributed by atoms with Gasteiger partial charge in [0.15, 0.2) is 0 Å². The molecule has 0 aromatic heterocycles. The average Bonchev–Trinajstić information content (AvgIpc) is 2.60. The maximum absolute atomic E-state index is 12.3. The molecule has 1 amide bonds. The molecule has 146 valence electrons. The van der Waals surface area contributed by atoms with Crippen molar-refractivity contribution in [1.82, 2.24) is 10.0 Å². The summed E-state index contributed by atoms with van der Waals surface area (Å²) in [4.78, 5) is 12.2. The molecule has 2 aromatic rings. The number of rotatable bonds is 8. The van der Waals surface area contributed by atoms with Crippen molar-refractivity contribution in [1.29, 1.82) is 0 Å². The number of nitrogens with one attached hydrogen (secondary N) is 2. The minimum atomic E-state index is -3.68. The first-order valence-corrected chi connectivity index (χ1v) is 9.57. The normalized spacial score (nSPS) is 11.4. The minimum absolute atomic E-state index is 0.00797. The zero-order chi connectivity index (χ0) is 20.0. The first-order chi connectivity index (χ1) is 12.7. The highest BCUT2D eigenvalue weighted by molar-refractivity contribution is 7.89. The van der Waals surface area contributed by atoms with Gasteiger partial charge in [0.1, 0.15) is 5.75 Å². The molecule has 2 aromatic carbocycles. The van der Waals surface area contributed by atoms with Gasteiger partial charge in [0, 0.05) is 18.7 Å². The number of hydrogen-bond acceptors (Lipinski definition) is 4. The third-order valence-corrected chi connectivity index (χ3v) is 5.28. The first-order valence-electron chi connectivity index (χ1n) is 8.09. The number of hydrogen-bond donors (Lipinski definition) is 2. The van der Waals surface area contributed by atoms with Crippen LogP contribution < -0.4 is 14.8 Å². The summed E-state index contributed by atoms with van der Waals surface area (Å²) in [7, 11) is -3.68. The van der Waals surface area contributed by atoms with Crippen LogP contribution in [0.3, 0.4) is 0 Å². The van der Waals surface area contributed by atoms with Gasteiger partial charge in [-0.25, -0.2) is 13.1 Å². The predicted octanol–water partition coefficient (Wildman–Crippen LogP) is 2.61. The van der Waals surface area contributed by atoms with Crippen LogP contribution in [0.15, 0.2) is 47.4 Å². The molecular weight excluding hydrogens is 378 g/mol. The highest BCUT2D eigenvalue weighted by Gasteiger charge is 2.16. The van der Waals surface area contributed by atoms with Gasteiger partial charge in [-0.15, -0.1) is 0 Å². The number of carbonyl (C=O) groups is 1. The maximum Gasteiger partial charge on any atom is 0.387 e. The second-order valence-electron chi connectivity index (χ2n) is 5.83. The fraction of sp³-hybridized carbons (Fsp3) is 0.278. The summed E-state index contributed by atoms with van der Waals surface area (Å²) in [6.45, 7) is 0.648. The zero-order valence-corrected chi connectivity index (χ0v) is 15.6. The van der Waals surface area contributed by atoms with E-state index in [2.05, 4.69) is 14.8 Å². The molecule has 27 heavy (non-hydrogen) atoms. The molecule has 6 nitrogen and oxygen atoms in total. The highest BCUT2D eigenvalue weighted by atomic mass is 32.2. The Morgan fingerprint density at radius 1 is 1.07 bits per heavy atom. The van der Waals surface area contributed by atoms with E-state index in [1.807, 2.05) is 6.07 Å². The van der Waals surface area contributed by atoms with Crippen LogP contribution in [0, 0.1) is 13.8 Å². The quantitative estimate of drug-likeness (QED) is 0.670. The van der Waals surface area contributed by atoms with E-state index in [-0.39, 0.29) is 29.3 Å². The van der Waals surface area contributed by atoms with Crippen molar-refractivity contribution in [3.63, 3.8) is 0 Å². The lowest BCUT2D eigenvalue weighted by Gasteiger charge is -2.11. The third-order valence-electron chi connectivity index (χ3n) is 3.68. The molecule has 2 N–H and O–H groups in total. The number of alkyl halides is 2. The molecule has 0 unspecified atom stereocenters. The van der Waals surface area contributed by atoms with Crippen LogP contribution in [0.1, 0.15) is 21.5 Å². The van der Waals surface area contributed by atoms with Gasteiger partial charge < -0.3 is 10.1 Å². The molecule has 0 aliphatic carbocycles.